The zero-order chi connectivity index (χ0) is 37.9. The van der Waals surface area contributed by atoms with E-state index >= 15 is 0 Å². The standard InChI is InChI=1S/C55H37NO/c1-36-34-42-28-33-45(35-53(42)50-14-5-4-12-46(36)50)56(44-31-26-41(27-32-44)49-17-9-18-52-51-15-6-7-19-54(51)57-55(49)52)43-29-24-38(25-30-43)37-20-22-40(23-21-37)48-16-8-11-39-10-2-3-13-47(39)48/h2-35H,1H3. The van der Waals surface area contributed by atoms with Gasteiger partial charge in [-0.3, -0.25) is 0 Å². The molecule has 0 saturated carbocycles. The SMILES string of the molecule is Cc1cc2ccc(N(c3ccc(-c4ccc(-c5cccc6ccccc56)cc4)cc3)c3ccc(-c4cccc5c4oc4ccccc45)cc3)cc2c2ccccc12. The van der Waals surface area contributed by atoms with Crippen LogP contribution in [0.3, 0.4) is 0 Å². The fourth-order valence-corrected chi connectivity index (χ4v) is 8.75. The molecule has 57 heavy (non-hydrogen) atoms. The Kier molecular flexibility index (Phi) is 7.75. The van der Waals surface area contributed by atoms with Crippen molar-refractivity contribution in [3.8, 4) is 33.4 Å². The van der Waals surface area contributed by atoms with Crippen LogP contribution in [-0.4, -0.2) is 0 Å². The molecule has 11 rings (SSSR count). The van der Waals surface area contributed by atoms with E-state index < -0.39 is 0 Å². The molecule has 0 saturated heterocycles. The number of hydrogen-bond donors (Lipinski definition) is 0. The number of hydrogen-bond acceptors (Lipinski definition) is 2. The van der Waals surface area contributed by atoms with E-state index in [0.29, 0.717) is 0 Å². The molecule has 0 bridgehead atoms. The first-order chi connectivity index (χ1) is 28.2. The van der Waals surface area contributed by atoms with Crippen molar-refractivity contribution in [2.24, 2.45) is 0 Å². The summed E-state index contributed by atoms with van der Waals surface area (Å²) in [6, 6.07) is 74.6. The molecule has 0 atom stereocenters. The summed E-state index contributed by atoms with van der Waals surface area (Å²) in [6.45, 7) is 2.20. The molecule has 0 radical (unpaired) electrons. The third-order valence-electron chi connectivity index (χ3n) is 11.6. The highest BCUT2D eigenvalue weighted by atomic mass is 16.3. The predicted octanol–water partition coefficient (Wildman–Crippen LogP) is 15.8. The van der Waals surface area contributed by atoms with E-state index in [1.807, 2.05) is 12.1 Å². The van der Waals surface area contributed by atoms with Gasteiger partial charge in [0.2, 0.25) is 0 Å². The molecule has 2 heteroatoms. The predicted molar refractivity (Wildman–Crippen MR) is 242 cm³/mol. The van der Waals surface area contributed by atoms with Crippen molar-refractivity contribution >= 4 is 71.3 Å². The second-order valence-electron chi connectivity index (χ2n) is 15.0. The van der Waals surface area contributed by atoms with Gasteiger partial charge in [-0.1, -0.05) is 164 Å². The lowest BCUT2D eigenvalue weighted by atomic mass is 9.96. The molecule has 0 amide bonds. The molecule has 0 spiro atoms. The molecule has 1 heterocycles. The van der Waals surface area contributed by atoms with Crippen molar-refractivity contribution < 1.29 is 4.42 Å². The number of benzene rings is 10. The first-order valence-corrected chi connectivity index (χ1v) is 19.6. The van der Waals surface area contributed by atoms with E-state index in [9.17, 15) is 0 Å². The van der Waals surface area contributed by atoms with Crippen molar-refractivity contribution in [1.82, 2.24) is 0 Å². The Morgan fingerprint density at radius 2 is 0.860 bits per heavy atom. The molecule has 10 aromatic carbocycles. The quantitative estimate of drug-likeness (QED) is 0.159. The second-order valence-corrected chi connectivity index (χ2v) is 15.0. The Labute approximate surface area is 331 Å². The summed E-state index contributed by atoms with van der Waals surface area (Å²) in [4.78, 5) is 2.37. The summed E-state index contributed by atoms with van der Waals surface area (Å²) in [5.41, 5.74) is 13.4. The summed E-state index contributed by atoms with van der Waals surface area (Å²) in [5, 5.41) is 9.85. The molecule has 0 unspecified atom stereocenters. The Bertz CT molecular complexity index is 3280. The maximum Gasteiger partial charge on any atom is 0.143 e. The van der Waals surface area contributed by atoms with Crippen molar-refractivity contribution in [1.29, 1.82) is 0 Å². The highest BCUT2D eigenvalue weighted by Crippen LogP contribution is 2.41. The molecular weight excluding hydrogens is 691 g/mol. The topological polar surface area (TPSA) is 16.4 Å². The third-order valence-corrected chi connectivity index (χ3v) is 11.6. The van der Waals surface area contributed by atoms with Gasteiger partial charge in [0.15, 0.2) is 0 Å². The van der Waals surface area contributed by atoms with Crippen LogP contribution < -0.4 is 4.90 Å². The molecule has 1 aromatic heterocycles. The van der Waals surface area contributed by atoms with Crippen LogP contribution in [0.5, 0.6) is 0 Å². The van der Waals surface area contributed by atoms with Crippen LogP contribution in [0.2, 0.25) is 0 Å². The van der Waals surface area contributed by atoms with Crippen molar-refractivity contribution in [3.05, 3.63) is 212 Å². The maximum atomic E-state index is 6.42. The first kappa shape index (κ1) is 33.0. The Hall–Kier alpha value is -7.42. The number of nitrogens with zero attached hydrogens (tertiary/aromatic N) is 1. The van der Waals surface area contributed by atoms with Crippen LogP contribution in [0.4, 0.5) is 17.1 Å². The van der Waals surface area contributed by atoms with Gasteiger partial charge in [0.1, 0.15) is 11.2 Å². The minimum atomic E-state index is 0.908. The van der Waals surface area contributed by atoms with E-state index in [0.717, 1.165) is 50.1 Å². The number of para-hydroxylation sites is 2. The lowest BCUT2D eigenvalue weighted by Gasteiger charge is -2.26. The number of anilines is 3. The molecule has 268 valence electrons. The van der Waals surface area contributed by atoms with E-state index in [-0.39, 0.29) is 0 Å². The summed E-state index contributed by atoms with van der Waals surface area (Å²) in [5.74, 6) is 0. The number of furan rings is 1. The summed E-state index contributed by atoms with van der Waals surface area (Å²) < 4.78 is 6.42. The molecule has 0 aliphatic heterocycles. The van der Waals surface area contributed by atoms with Gasteiger partial charge < -0.3 is 9.32 Å². The molecule has 2 nitrogen and oxygen atoms in total. The van der Waals surface area contributed by atoms with Gasteiger partial charge >= 0.3 is 0 Å². The van der Waals surface area contributed by atoms with Gasteiger partial charge in [-0.25, -0.2) is 0 Å². The Morgan fingerprint density at radius 3 is 1.63 bits per heavy atom. The highest BCUT2D eigenvalue weighted by molar-refractivity contribution is 6.11. The third kappa shape index (κ3) is 5.65. The lowest BCUT2D eigenvalue weighted by Crippen LogP contribution is -2.10. The van der Waals surface area contributed by atoms with E-state index in [2.05, 4.69) is 206 Å². The molecule has 0 N–H and O–H groups in total. The van der Waals surface area contributed by atoms with Gasteiger partial charge in [0.05, 0.1) is 0 Å². The van der Waals surface area contributed by atoms with E-state index in [4.69, 9.17) is 4.42 Å². The minimum Gasteiger partial charge on any atom is -0.455 e. The Balaban J connectivity index is 0.994. The molecule has 11 aromatic rings. The summed E-state index contributed by atoms with van der Waals surface area (Å²) in [7, 11) is 0. The van der Waals surface area contributed by atoms with Crippen LogP contribution >= 0.6 is 0 Å². The normalized spacial score (nSPS) is 11.6. The van der Waals surface area contributed by atoms with Crippen molar-refractivity contribution in [2.45, 2.75) is 6.92 Å². The van der Waals surface area contributed by atoms with Gasteiger partial charge in [-0.2, -0.15) is 0 Å². The molecule has 0 fully saturated rings. The highest BCUT2D eigenvalue weighted by Gasteiger charge is 2.17. The number of aryl methyl sites for hydroxylation is 1. The van der Waals surface area contributed by atoms with Crippen LogP contribution in [0, 0.1) is 6.92 Å². The fourth-order valence-electron chi connectivity index (χ4n) is 8.75. The lowest BCUT2D eigenvalue weighted by molar-refractivity contribution is 0.670. The fraction of sp³-hybridized carbons (Fsp3) is 0.0182. The minimum absolute atomic E-state index is 0.908. The monoisotopic (exact) mass is 727 g/mol. The molecular formula is C55H37NO. The Morgan fingerprint density at radius 1 is 0.333 bits per heavy atom. The zero-order valence-corrected chi connectivity index (χ0v) is 31.5. The van der Waals surface area contributed by atoms with Gasteiger partial charge in [0, 0.05) is 33.4 Å². The van der Waals surface area contributed by atoms with E-state index in [1.165, 1.54) is 60.1 Å². The van der Waals surface area contributed by atoms with Crippen LogP contribution in [0.1, 0.15) is 5.56 Å². The zero-order valence-electron chi connectivity index (χ0n) is 31.5. The largest absolute Gasteiger partial charge is 0.455 e. The average molecular weight is 728 g/mol. The second kappa shape index (κ2) is 13.4. The van der Waals surface area contributed by atoms with Crippen LogP contribution in [0.15, 0.2) is 211 Å². The first-order valence-electron chi connectivity index (χ1n) is 19.6. The van der Waals surface area contributed by atoms with Crippen LogP contribution in [-0.2, 0) is 0 Å². The van der Waals surface area contributed by atoms with Crippen LogP contribution in [0.25, 0.3) is 87.6 Å². The van der Waals surface area contributed by atoms with Gasteiger partial charge in [-0.15, -0.1) is 0 Å². The smallest absolute Gasteiger partial charge is 0.143 e. The van der Waals surface area contributed by atoms with E-state index in [1.54, 1.807) is 0 Å². The number of fused-ring (bicyclic) bond motifs is 7. The van der Waals surface area contributed by atoms with Crippen molar-refractivity contribution in [2.75, 3.05) is 4.90 Å². The van der Waals surface area contributed by atoms with Crippen molar-refractivity contribution in [3.63, 3.8) is 0 Å². The van der Waals surface area contributed by atoms with Gasteiger partial charge in [0.25, 0.3) is 0 Å². The average Bonchev–Trinajstić information content (AvgIpc) is 3.66. The summed E-state index contributed by atoms with van der Waals surface area (Å²) in [6.07, 6.45) is 0. The summed E-state index contributed by atoms with van der Waals surface area (Å²) >= 11 is 0. The maximum absolute atomic E-state index is 6.42. The van der Waals surface area contributed by atoms with Gasteiger partial charge in [-0.05, 0) is 115 Å². The number of rotatable bonds is 6. The molecule has 0 aliphatic rings. The molecule has 0 aliphatic carbocycles.